The molecule has 1 heterocycles. The van der Waals surface area contributed by atoms with Gasteiger partial charge in [0.2, 0.25) is 5.91 Å². The number of carbonyl (C=O) groups is 1. The number of rotatable bonds is 0. The van der Waals surface area contributed by atoms with E-state index >= 15 is 0 Å². The Kier molecular flexibility index (Phi) is 1.68. The number of hydrogen-bond acceptors (Lipinski definition) is 1. The van der Waals surface area contributed by atoms with Crippen molar-refractivity contribution < 1.29 is 4.79 Å². The molecule has 0 aromatic rings. The molecule has 0 saturated carbocycles. The maximum atomic E-state index is 11.0. The number of hydrogen-bond donors (Lipinski definition) is 1. The summed E-state index contributed by atoms with van der Waals surface area (Å²) in [5.41, 5.74) is 0. The van der Waals surface area contributed by atoms with Crippen LogP contribution in [-0.4, -0.2) is 11.9 Å². The lowest BCUT2D eigenvalue weighted by molar-refractivity contribution is -0.135. The first-order valence-electron chi connectivity index (χ1n) is 4.33. The van der Waals surface area contributed by atoms with Crippen LogP contribution in [0.15, 0.2) is 12.2 Å². The molecule has 1 fully saturated rings. The van der Waals surface area contributed by atoms with Crippen LogP contribution in [0.2, 0.25) is 0 Å². The number of amides is 1. The van der Waals surface area contributed by atoms with E-state index in [4.69, 9.17) is 0 Å². The van der Waals surface area contributed by atoms with E-state index in [9.17, 15) is 4.79 Å². The van der Waals surface area contributed by atoms with Gasteiger partial charge in [-0.25, -0.2) is 0 Å². The first kappa shape index (κ1) is 6.89. The van der Waals surface area contributed by atoms with E-state index in [-0.39, 0.29) is 5.91 Å². The van der Waals surface area contributed by atoms with Crippen molar-refractivity contribution in [2.24, 2.45) is 5.92 Å². The van der Waals surface area contributed by atoms with Crippen molar-refractivity contribution in [3.63, 3.8) is 0 Å². The normalized spacial score (nSPS) is 36.2. The molecule has 2 heteroatoms. The zero-order valence-corrected chi connectivity index (χ0v) is 6.55. The highest BCUT2D eigenvalue weighted by Gasteiger charge is 2.37. The lowest BCUT2D eigenvalue weighted by Crippen LogP contribution is -2.57. The molecule has 2 nitrogen and oxygen atoms in total. The molecule has 0 bridgehead atoms. The third-order valence-corrected chi connectivity index (χ3v) is 2.61. The minimum absolute atomic E-state index is 0.269. The lowest BCUT2D eigenvalue weighted by atomic mass is 9.82. The Morgan fingerprint density at radius 3 is 2.73 bits per heavy atom. The molecular formula is C9H13NO. The van der Waals surface area contributed by atoms with E-state index in [0.717, 1.165) is 25.7 Å². The van der Waals surface area contributed by atoms with E-state index in [0.29, 0.717) is 12.0 Å². The van der Waals surface area contributed by atoms with Crippen LogP contribution in [0.5, 0.6) is 0 Å². The molecule has 1 N–H and O–H groups in total. The highest BCUT2D eigenvalue weighted by Crippen LogP contribution is 2.26. The summed E-state index contributed by atoms with van der Waals surface area (Å²) < 4.78 is 0. The van der Waals surface area contributed by atoms with Gasteiger partial charge in [-0.05, 0) is 25.7 Å². The Bertz CT molecular complexity index is 198. The maximum absolute atomic E-state index is 11.0. The fourth-order valence-corrected chi connectivity index (χ4v) is 1.87. The highest BCUT2D eigenvalue weighted by molar-refractivity contribution is 5.85. The predicted molar refractivity (Wildman–Crippen MR) is 43.0 cm³/mol. The molecule has 0 radical (unpaired) electrons. The van der Waals surface area contributed by atoms with Crippen molar-refractivity contribution in [2.75, 3.05) is 0 Å². The molecule has 2 atom stereocenters. The molecule has 0 aromatic carbocycles. The number of nitrogens with one attached hydrogen (secondary N) is 1. The van der Waals surface area contributed by atoms with Gasteiger partial charge in [0, 0.05) is 6.04 Å². The Hall–Kier alpha value is -0.790. The third-order valence-electron chi connectivity index (χ3n) is 2.61. The minimum Gasteiger partial charge on any atom is -0.352 e. The number of β-lactam (4-membered cyclic amide) rings is 1. The summed E-state index contributed by atoms with van der Waals surface area (Å²) in [4.78, 5) is 11.0. The van der Waals surface area contributed by atoms with Gasteiger partial charge in [-0.2, -0.15) is 0 Å². The molecule has 0 unspecified atom stereocenters. The average molecular weight is 151 g/mol. The molecule has 11 heavy (non-hydrogen) atoms. The Morgan fingerprint density at radius 2 is 2.00 bits per heavy atom. The van der Waals surface area contributed by atoms with Crippen LogP contribution in [0.25, 0.3) is 0 Å². The zero-order valence-electron chi connectivity index (χ0n) is 6.55. The molecule has 1 aliphatic carbocycles. The number of fused-ring (bicyclic) bond motifs is 1. The van der Waals surface area contributed by atoms with Gasteiger partial charge >= 0.3 is 0 Å². The summed E-state index contributed by atoms with van der Waals surface area (Å²) in [5.74, 6) is 0.602. The second-order valence-electron chi connectivity index (χ2n) is 3.35. The first-order chi connectivity index (χ1) is 5.38. The van der Waals surface area contributed by atoms with E-state index in [1.165, 1.54) is 0 Å². The van der Waals surface area contributed by atoms with Crippen LogP contribution in [0, 0.1) is 5.92 Å². The Balaban J connectivity index is 2.00. The molecule has 1 amide bonds. The summed E-state index contributed by atoms with van der Waals surface area (Å²) in [5, 5.41) is 2.94. The van der Waals surface area contributed by atoms with Crippen LogP contribution in [0.1, 0.15) is 25.7 Å². The van der Waals surface area contributed by atoms with Crippen molar-refractivity contribution in [2.45, 2.75) is 31.7 Å². The fraction of sp³-hybridized carbons (Fsp3) is 0.667. The van der Waals surface area contributed by atoms with Crippen molar-refractivity contribution in [3.8, 4) is 0 Å². The molecule has 60 valence electrons. The molecule has 0 aromatic heterocycles. The number of carbonyl (C=O) groups excluding carboxylic acids is 1. The van der Waals surface area contributed by atoms with Gasteiger partial charge in [-0.1, -0.05) is 12.2 Å². The molecule has 2 aliphatic rings. The van der Waals surface area contributed by atoms with Gasteiger partial charge < -0.3 is 5.32 Å². The van der Waals surface area contributed by atoms with Crippen molar-refractivity contribution >= 4 is 5.91 Å². The van der Waals surface area contributed by atoms with E-state index in [1.807, 2.05) is 0 Å². The lowest BCUT2D eigenvalue weighted by Gasteiger charge is -2.37. The monoisotopic (exact) mass is 151 g/mol. The van der Waals surface area contributed by atoms with Gasteiger partial charge in [-0.15, -0.1) is 0 Å². The largest absolute Gasteiger partial charge is 0.352 e. The second-order valence-corrected chi connectivity index (χ2v) is 3.35. The summed E-state index contributed by atoms with van der Waals surface area (Å²) in [7, 11) is 0. The SMILES string of the molecule is O=C1N[C@H]2CCC=CCC[C@@H]12. The van der Waals surface area contributed by atoms with Crippen LogP contribution in [-0.2, 0) is 4.79 Å². The van der Waals surface area contributed by atoms with E-state index in [1.54, 1.807) is 0 Å². The molecular weight excluding hydrogens is 138 g/mol. The third kappa shape index (κ3) is 1.17. The quantitative estimate of drug-likeness (QED) is 0.409. The standard InChI is InChI=1S/C9H13NO/c11-9-7-5-3-1-2-4-6-8(7)10-9/h1-2,7-8H,3-6H2,(H,10,11)/t7-,8+/m1/s1. The summed E-state index contributed by atoms with van der Waals surface area (Å²) in [6, 6.07) is 0.493. The second kappa shape index (κ2) is 2.68. The van der Waals surface area contributed by atoms with Gasteiger partial charge in [-0.3, -0.25) is 4.79 Å². The van der Waals surface area contributed by atoms with Crippen molar-refractivity contribution in [1.82, 2.24) is 5.32 Å². The zero-order chi connectivity index (χ0) is 7.68. The van der Waals surface area contributed by atoms with Gasteiger partial charge in [0.05, 0.1) is 5.92 Å². The van der Waals surface area contributed by atoms with Gasteiger partial charge in [0.1, 0.15) is 0 Å². The Labute approximate surface area is 66.7 Å². The van der Waals surface area contributed by atoms with Crippen molar-refractivity contribution in [1.29, 1.82) is 0 Å². The van der Waals surface area contributed by atoms with Crippen LogP contribution < -0.4 is 5.32 Å². The molecule has 2 rings (SSSR count). The van der Waals surface area contributed by atoms with E-state index in [2.05, 4.69) is 17.5 Å². The number of allylic oxidation sites excluding steroid dienone is 2. The molecule has 1 aliphatic heterocycles. The van der Waals surface area contributed by atoms with E-state index < -0.39 is 0 Å². The van der Waals surface area contributed by atoms with Crippen LogP contribution in [0.3, 0.4) is 0 Å². The summed E-state index contributed by atoms with van der Waals surface area (Å²) in [6.07, 6.45) is 8.80. The van der Waals surface area contributed by atoms with Crippen molar-refractivity contribution in [3.05, 3.63) is 12.2 Å². The summed E-state index contributed by atoms with van der Waals surface area (Å²) >= 11 is 0. The maximum Gasteiger partial charge on any atom is 0.225 e. The topological polar surface area (TPSA) is 29.1 Å². The minimum atomic E-state index is 0.269. The smallest absolute Gasteiger partial charge is 0.225 e. The Morgan fingerprint density at radius 1 is 1.27 bits per heavy atom. The van der Waals surface area contributed by atoms with Gasteiger partial charge in [0.25, 0.3) is 0 Å². The summed E-state index contributed by atoms with van der Waals surface area (Å²) in [6.45, 7) is 0. The first-order valence-corrected chi connectivity index (χ1v) is 4.33. The molecule has 1 saturated heterocycles. The van der Waals surface area contributed by atoms with Crippen LogP contribution in [0.4, 0.5) is 0 Å². The fourth-order valence-electron chi connectivity index (χ4n) is 1.87. The predicted octanol–water partition coefficient (Wildman–Crippen LogP) is 1.23. The molecule has 0 spiro atoms. The van der Waals surface area contributed by atoms with Crippen LogP contribution >= 0.6 is 0 Å². The van der Waals surface area contributed by atoms with Gasteiger partial charge in [0.15, 0.2) is 0 Å². The highest BCUT2D eigenvalue weighted by atomic mass is 16.2. The average Bonchev–Trinajstić information content (AvgIpc) is 1.96.